The van der Waals surface area contributed by atoms with E-state index in [1.165, 1.54) is 0 Å². The molecule has 0 aromatic heterocycles. The number of hydrogen-bond donors (Lipinski definition) is 2. The summed E-state index contributed by atoms with van der Waals surface area (Å²) in [5.74, 6) is -0.754. The molecule has 0 radical (unpaired) electrons. The van der Waals surface area contributed by atoms with Gasteiger partial charge in [0.05, 0.1) is 6.61 Å². The van der Waals surface area contributed by atoms with Crippen molar-refractivity contribution >= 4 is 5.97 Å². The molecule has 2 aliphatic rings. The van der Waals surface area contributed by atoms with Gasteiger partial charge in [0.15, 0.2) is 0 Å². The maximum Gasteiger partial charge on any atom is 0.345 e. The van der Waals surface area contributed by atoms with Crippen LogP contribution in [0.5, 0.6) is 0 Å². The van der Waals surface area contributed by atoms with Gasteiger partial charge in [-0.3, -0.25) is 0 Å². The zero-order valence-electron chi connectivity index (χ0n) is 12.8. The number of esters is 1. The Hall–Kier alpha value is -1.43. The molecular formula is C17H23NO4. The molecule has 2 N–H and O–H groups in total. The van der Waals surface area contributed by atoms with Gasteiger partial charge in [0.2, 0.25) is 5.60 Å². The summed E-state index contributed by atoms with van der Waals surface area (Å²) in [7, 11) is 2.12. The fourth-order valence-corrected chi connectivity index (χ4v) is 3.69. The first-order valence-electron chi connectivity index (χ1n) is 7.86. The smallest absolute Gasteiger partial charge is 0.345 e. The van der Waals surface area contributed by atoms with E-state index in [1.807, 2.05) is 0 Å². The number of piperidine rings is 1. The highest BCUT2D eigenvalue weighted by Crippen LogP contribution is 2.36. The number of carbonyl (C=O) groups excluding carboxylic acids is 1. The lowest BCUT2D eigenvalue weighted by molar-refractivity contribution is -0.180. The lowest BCUT2D eigenvalue weighted by atomic mass is 9.94. The number of fused-ring (bicyclic) bond motifs is 2. The molecule has 5 heteroatoms. The fourth-order valence-electron chi connectivity index (χ4n) is 3.69. The average molecular weight is 305 g/mol. The Morgan fingerprint density at radius 2 is 1.86 bits per heavy atom. The summed E-state index contributed by atoms with van der Waals surface area (Å²) in [5.41, 5.74) is -1.62. The highest BCUT2D eigenvalue weighted by molar-refractivity contribution is 5.81. The summed E-state index contributed by atoms with van der Waals surface area (Å²) in [4.78, 5) is 14.8. The quantitative estimate of drug-likeness (QED) is 0.813. The standard InChI is InChI=1S/C17H23NO4/c1-18-13-7-8-14(18)10-15(9-13)22-16(20)17(21,11-19)12-5-3-2-4-6-12/h2-6,13-15,19,21H,7-11H2,1H3/t13-,14+,15?,17?. The van der Waals surface area contributed by atoms with E-state index in [1.54, 1.807) is 30.3 Å². The van der Waals surface area contributed by atoms with Crippen LogP contribution in [0.15, 0.2) is 30.3 Å². The highest BCUT2D eigenvalue weighted by Gasteiger charge is 2.44. The molecule has 2 fully saturated rings. The Kier molecular flexibility index (Phi) is 4.21. The van der Waals surface area contributed by atoms with Crippen LogP contribution in [0.1, 0.15) is 31.2 Å². The van der Waals surface area contributed by atoms with Crippen LogP contribution in [0.3, 0.4) is 0 Å². The fraction of sp³-hybridized carbons (Fsp3) is 0.588. The molecule has 120 valence electrons. The Morgan fingerprint density at radius 1 is 1.27 bits per heavy atom. The molecule has 1 aromatic carbocycles. The minimum atomic E-state index is -1.98. The number of benzene rings is 1. The third-order valence-electron chi connectivity index (χ3n) is 5.15. The van der Waals surface area contributed by atoms with E-state index < -0.39 is 18.2 Å². The topological polar surface area (TPSA) is 70.0 Å². The van der Waals surface area contributed by atoms with Crippen LogP contribution >= 0.6 is 0 Å². The van der Waals surface area contributed by atoms with Gasteiger partial charge in [0.1, 0.15) is 6.10 Å². The molecule has 2 aliphatic heterocycles. The van der Waals surface area contributed by atoms with Gasteiger partial charge in [-0.2, -0.15) is 0 Å². The number of rotatable bonds is 4. The van der Waals surface area contributed by atoms with Crippen LogP contribution < -0.4 is 0 Å². The Labute approximate surface area is 130 Å². The van der Waals surface area contributed by atoms with Gasteiger partial charge in [-0.15, -0.1) is 0 Å². The highest BCUT2D eigenvalue weighted by atomic mass is 16.6. The SMILES string of the molecule is CN1[C@@H]2CC[C@H]1CC(OC(=O)C(O)(CO)c1ccccc1)C2. The summed E-state index contributed by atoms with van der Waals surface area (Å²) in [6.07, 6.45) is 3.70. The number of aliphatic hydroxyl groups is 2. The van der Waals surface area contributed by atoms with Crippen molar-refractivity contribution in [3.8, 4) is 0 Å². The molecule has 0 aliphatic carbocycles. The Bertz CT molecular complexity index is 521. The van der Waals surface area contributed by atoms with Crippen LogP contribution in [0.2, 0.25) is 0 Å². The molecular weight excluding hydrogens is 282 g/mol. The summed E-state index contributed by atoms with van der Waals surface area (Å²) < 4.78 is 5.56. The van der Waals surface area contributed by atoms with Gasteiger partial charge in [-0.1, -0.05) is 30.3 Å². The van der Waals surface area contributed by atoms with E-state index in [2.05, 4.69) is 11.9 Å². The second-order valence-corrected chi connectivity index (χ2v) is 6.43. The molecule has 0 saturated carbocycles. The van der Waals surface area contributed by atoms with Crippen LogP contribution in [0.25, 0.3) is 0 Å². The number of carbonyl (C=O) groups is 1. The van der Waals surface area contributed by atoms with E-state index >= 15 is 0 Å². The van der Waals surface area contributed by atoms with Crippen LogP contribution in [-0.2, 0) is 15.1 Å². The summed E-state index contributed by atoms with van der Waals surface area (Å²) >= 11 is 0. The van der Waals surface area contributed by atoms with Crippen LogP contribution in [0, 0.1) is 0 Å². The van der Waals surface area contributed by atoms with E-state index in [9.17, 15) is 15.0 Å². The van der Waals surface area contributed by atoms with Crippen LogP contribution in [-0.4, -0.2) is 52.9 Å². The molecule has 0 spiro atoms. The minimum Gasteiger partial charge on any atom is -0.460 e. The first-order chi connectivity index (χ1) is 10.5. The monoisotopic (exact) mass is 305 g/mol. The molecule has 3 rings (SSSR count). The molecule has 2 heterocycles. The third-order valence-corrected chi connectivity index (χ3v) is 5.15. The minimum absolute atomic E-state index is 0.178. The van der Waals surface area contributed by atoms with Gasteiger partial charge >= 0.3 is 5.97 Å². The van der Waals surface area contributed by atoms with E-state index in [-0.39, 0.29) is 6.10 Å². The Morgan fingerprint density at radius 3 is 2.41 bits per heavy atom. The lowest BCUT2D eigenvalue weighted by Gasteiger charge is -2.37. The molecule has 2 saturated heterocycles. The van der Waals surface area contributed by atoms with Crippen molar-refractivity contribution < 1.29 is 19.7 Å². The third kappa shape index (κ3) is 2.64. The van der Waals surface area contributed by atoms with Crippen molar-refractivity contribution in [1.29, 1.82) is 0 Å². The molecule has 2 bridgehead atoms. The van der Waals surface area contributed by atoms with Gasteiger partial charge < -0.3 is 19.8 Å². The Balaban J connectivity index is 1.71. The largest absolute Gasteiger partial charge is 0.460 e. The van der Waals surface area contributed by atoms with Gasteiger partial charge in [-0.05, 0) is 38.3 Å². The predicted molar refractivity (Wildman–Crippen MR) is 81.1 cm³/mol. The average Bonchev–Trinajstić information content (AvgIpc) is 2.76. The molecule has 1 aromatic rings. The zero-order valence-corrected chi connectivity index (χ0v) is 12.8. The number of nitrogens with zero attached hydrogens (tertiary/aromatic N) is 1. The van der Waals surface area contributed by atoms with E-state index in [0.29, 0.717) is 17.6 Å². The molecule has 22 heavy (non-hydrogen) atoms. The van der Waals surface area contributed by atoms with Crippen molar-refractivity contribution in [2.75, 3.05) is 13.7 Å². The second kappa shape index (κ2) is 5.99. The summed E-state index contributed by atoms with van der Waals surface area (Å²) in [6, 6.07) is 9.39. The summed E-state index contributed by atoms with van der Waals surface area (Å²) in [6.45, 7) is -0.685. The van der Waals surface area contributed by atoms with Crippen molar-refractivity contribution in [3.63, 3.8) is 0 Å². The van der Waals surface area contributed by atoms with Crippen LogP contribution in [0.4, 0.5) is 0 Å². The molecule has 2 unspecified atom stereocenters. The van der Waals surface area contributed by atoms with Crippen molar-refractivity contribution in [2.24, 2.45) is 0 Å². The number of hydrogen-bond acceptors (Lipinski definition) is 5. The van der Waals surface area contributed by atoms with Crippen molar-refractivity contribution in [1.82, 2.24) is 4.90 Å². The van der Waals surface area contributed by atoms with Crippen molar-refractivity contribution in [2.45, 2.75) is 49.5 Å². The number of ether oxygens (including phenoxy) is 1. The zero-order chi connectivity index (χ0) is 15.7. The van der Waals surface area contributed by atoms with E-state index in [4.69, 9.17) is 4.74 Å². The van der Waals surface area contributed by atoms with Gasteiger partial charge in [0, 0.05) is 12.1 Å². The molecule has 4 atom stereocenters. The first kappa shape index (κ1) is 15.5. The maximum absolute atomic E-state index is 12.4. The maximum atomic E-state index is 12.4. The predicted octanol–water partition coefficient (Wildman–Crippen LogP) is 1.03. The summed E-state index contributed by atoms with van der Waals surface area (Å²) in [5, 5.41) is 20.1. The van der Waals surface area contributed by atoms with Gasteiger partial charge in [0.25, 0.3) is 0 Å². The lowest BCUT2D eigenvalue weighted by Crippen LogP contribution is -2.47. The molecule has 0 amide bonds. The normalized spacial score (nSPS) is 30.8. The first-order valence-corrected chi connectivity index (χ1v) is 7.86. The van der Waals surface area contributed by atoms with Gasteiger partial charge in [-0.25, -0.2) is 4.79 Å². The second-order valence-electron chi connectivity index (χ2n) is 6.43. The van der Waals surface area contributed by atoms with E-state index in [0.717, 1.165) is 25.7 Å². The number of aliphatic hydroxyl groups excluding tert-OH is 1. The molecule has 5 nitrogen and oxygen atoms in total. The van der Waals surface area contributed by atoms with Crippen molar-refractivity contribution in [3.05, 3.63) is 35.9 Å².